The summed E-state index contributed by atoms with van der Waals surface area (Å²) in [7, 11) is 0. The van der Waals surface area contributed by atoms with Gasteiger partial charge in [0, 0.05) is 25.5 Å². The maximum atomic E-state index is 5.94. The van der Waals surface area contributed by atoms with Crippen LogP contribution in [0, 0.1) is 5.92 Å². The third-order valence-electron chi connectivity index (χ3n) is 3.66. The smallest absolute Gasteiger partial charge is 0.0767 e. The zero-order valence-corrected chi connectivity index (χ0v) is 13.5. The van der Waals surface area contributed by atoms with Crippen molar-refractivity contribution >= 4 is 27.5 Å². The quantitative estimate of drug-likeness (QED) is 0.771. The zero-order valence-electron chi connectivity index (χ0n) is 11.1. The first kappa shape index (κ1) is 14.4. The van der Waals surface area contributed by atoms with Crippen molar-refractivity contribution in [3.63, 3.8) is 0 Å². The Kier molecular flexibility index (Phi) is 5.10. The molecule has 3 nitrogen and oxygen atoms in total. The second-order valence-corrected chi connectivity index (χ2v) is 6.02. The Morgan fingerprint density at radius 3 is 2.78 bits per heavy atom. The normalized spacial score (nSPS) is 20.8. The number of likely N-dealkylation sites (tertiary alicyclic amines) is 1. The molecule has 1 aromatic rings. The first-order valence-corrected chi connectivity index (χ1v) is 8.04. The lowest BCUT2D eigenvalue weighted by Crippen LogP contribution is -2.22. The molecule has 1 aliphatic heterocycles. The first-order chi connectivity index (χ1) is 8.69. The van der Waals surface area contributed by atoms with Crippen LogP contribution in [0.2, 0.25) is 0 Å². The number of alkyl halides is 1. The molecule has 0 radical (unpaired) electrons. The minimum absolute atomic E-state index is 0.661. The van der Waals surface area contributed by atoms with E-state index in [1.54, 1.807) is 0 Å². The van der Waals surface area contributed by atoms with Crippen molar-refractivity contribution in [2.75, 3.05) is 19.0 Å². The van der Waals surface area contributed by atoms with Gasteiger partial charge >= 0.3 is 0 Å². The van der Waals surface area contributed by atoms with Crippen molar-refractivity contribution < 1.29 is 0 Å². The number of hydrogen-bond acceptors (Lipinski definition) is 2. The van der Waals surface area contributed by atoms with E-state index in [2.05, 4.69) is 44.5 Å². The second kappa shape index (κ2) is 6.40. The van der Waals surface area contributed by atoms with Crippen LogP contribution in [0.4, 0.5) is 0 Å². The number of aryl methyl sites for hydroxylation is 2. The highest BCUT2D eigenvalue weighted by atomic mass is 79.9. The highest BCUT2D eigenvalue weighted by molar-refractivity contribution is 9.10. The molecule has 0 aliphatic carbocycles. The summed E-state index contributed by atoms with van der Waals surface area (Å²) >= 11 is 9.65. The van der Waals surface area contributed by atoms with E-state index in [1.165, 1.54) is 22.3 Å². The standard InChI is InChI=1S/C13H21BrClN3/c1-3-11-13(14)12(18(4-2)16-11)9-17-6-5-10(7-15)8-17/h10H,3-9H2,1-2H3. The molecule has 1 atom stereocenters. The fraction of sp³-hybridized carbons (Fsp3) is 0.769. The van der Waals surface area contributed by atoms with E-state index in [-0.39, 0.29) is 0 Å². The summed E-state index contributed by atoms with van der Waals surface area (Å²) in [6.45, 7) is 8.48. The van der Waals surface area contributed by atoms with Crippen molar-refractivity contribution in [3.8, 4) is 0 Å². The van der Waals surface area contributed by atoms with Gasteiger partial charge in [0.15, 0.2) is 0 Å². The molecule has 5 heteroatoms. The molecule has 0 amide bonds. The van der Waals surface area contributed by atoms with Crippen molar-refractivity contribution in [3.05, 3.63) is 15.9 Å². The second-order valence-electron chi connectivity index (χ2n) is 4.92. The van der Waals surface area contributed by atoms with E-state index in [0.29, 0.717) is 5.92 Å². The van der Waals surface area contributed by atoms with Gasteiger partial charge in [-0.3, -0.25) is 9.58 Å². The molecule has 0 bridgehead atoms. The minimum atomic E-state index is 0.661. The Bertz CT molecular complexity index is 405. The summed E-state index contributed by atoms with van der Waals surface area (Å²) < 4.78 is 3.32. The van der Waals surface area contributed by atoms with Crippen LogP contribution in [0.25, 0.3) is 0 Å². The van der Waals surface area contributed by atoms with Gasteiger partial charge in [-0.05, 0) is 48.2 Å². The van der Waals surface area contributed by atoms with E-state index in [1.807, 2.05) is 0 Å². The molecule has 1 saturated heterocycles. The molecule has 1 aromatic heterocycles. The van der Waals surface area contributed by atoms with E-state index in [4.69, 9.17) is 11.6 Å². The van der Waals surface area contributed by atoms with Crippen LogP contribution in [0.3, 0.4) is 0 Å². The number of nitrogens with zero attached hydrogens (tertiary/aromatic N) is 3. The third-order valence-corrected chi connectivity index (χ3v) is 5.01. The van der Waals surface area contributed by atoms with Crippen LogP contribution in [0.15, 0.2) is 4.47 Å². The van der Waals surface area contributed by atoms with Crippen molar-refractivity contribution in [2.24, 2.45) is 5.92 Å². The summed E-state index contributed by atoms with van der Waals surface area (Å²) in [5.41, 5.74) is 2.48. The van der Waals surface area contributed by atoms with Gasteiger partial charge in [0.25, 0.3) is 0 Å². The van der Waals surface area contributed by atoms with E-state index in [0.717, 1.165) is 38.5 Å². The van der Waals surface area contributed by atoms with Gasteiger partial charge in [0.05, 0.1) is 15.9 Å². The molecule has 2 rings (SSSR count). The predicted octanol–water partition coefficient (Wildman–Crippen LogP) is 3.29. The van der Waals surface area contributed by atoms with Crippen LogP contribution in [-0.2, 0) is 19.5 Å². The fourth-order valence-electron chi connectivity index (χ4n) is 2.56. The molecule has 102 valence electrons. The van der Waals surface area contributed by atoms with Gasteiger partial charge in [-0.15, -0.1) is 11.6 Å². The number of rotatable bonds is 5. The lowest BCUT2D eigenvalue weighted by atomic mass is 10.2. The number of halogens is 2. The van der Waals surface area contributed by atoms with Crippen molar-refractivity contribution in [2.45, 2.75) is 39.8 Å². The summed E-state index contributed by atoms with van der Waals surface area (Å²) in [4.78, 5) is 2.49. The lowest BCUT2D eigenvalue weighted by molar-refractivity contribution is 0.308. The Morgan fingerprint density at radius 2 is 2.22 bits per heavy atom. The van der Waals surface area contributed by atoms with E-state index in [9.17, 15) is 0 Å². The number of aromatic nitrogens is 2. The number of hydrogen-bond donors (Lipinski definition) is 0. The molecule has 18 heavy (non-hydrogen) atoms. The highest BCUT2D eigenvalue weighted by Gasteiger charge is 2.24. The molecular weight excluding hydrogens is 314 g/mol. The third kappa shape index (κ3) is 2.91. The fourth-order valence-corrected chi connectivity index (χ4v) is 3.50. The topological polar surface area (TPSA) is 21.1 Å². The van der Waals surface area contributed by atoms with Crippen LogP contribution in [-0.4, -0.2) is 33.6 Å². The maximum absolute atomic E-state index is 5.94. The summed E-state index contributed by atoms with van der Waals surface area (Å²) in [5.74, 6) is 1.44. The predicted molar refractivity (Wildman–Crippen MR) is 79.1 cm³/mol. The van der Waals surface area contributed by atoms with Gasteiger partial charge in [-0.2, -0.15) is 5.10 Å². The highest BCUT2D eigenvalue weighted by Crippen LogP contribution is 2.26. The Morgan fingerprint density at radius 1 is 1.44 bits per heavy atom. The summed E-state index contributed by atoms with van der Waals surface area (Å²) in [6.07, 6.45) is 2.20. The molecule has 0 aromatic carbocycles. The monoisotopic (exact) mass is 333 g/mol. The molecule has 1 unspecified atom stereocenters. The van der Waals surface area contributed by atoms with E-state index < -0.39 is 0 Å². The van der Waals surface area contributed by atoms with Crippen LogP contribution in [0.5, 0.6) is 0 Å². The van der Waals surface area contributed by atoms with Gasteiger partial charge in [-0.25, -0.2) is 0 Å². The Hall–Kier alpha value is -0.0600. The van der Waals surface area contributed by atoms with Gasteiger partial charge in [0.2, 0.25) is 0 Å². The Balaban J connectivity index is 2.11. The molecule has 2 heterocycles. The molecule has 0 N–H and O–H groups in total. The van der Waals surface area contributed by atoms with Crippen LogP contribution in [0.1, 0.15) is 31.7 Å². The van der Waals surface area contributed by atoms with Gasteiger partial charge in [0.1, 0.15) is 0 Å². The van der Waals surface area contributed by atoms with Gasteiger partial charge < -0.3 is 0 Å². The largest absolute Gasteiger partial charge is 0.297 e. The zero-order chi connectivity index (χ0) is 13.1. The van der Waals surface area contributed by atoms with Gasteiger partial charge in [-0.1, -0.05) is 6.92 Å². The average molecular weight is 335 g/mol. The molecule has 1 fully saturated rings. The van der Waals surface area contributed by atoms with Crippen molar-refractivity contribution in [1.82, 2.24) is 14.7 Å². The first-order valence-electron chi connectivity index (χ1n) is 6.71. The lowest BCUT2D eigenvalue weighted by Gasteiger charge is -2.16. The molecule has 0 spiro atoms. The molecular formula is C13H21BrClN3. The molecule has 0 saturated carbocycles. The minimum Gasteiger partial charge on any atom is -0.297 e. The summed E-state index contributed by atoms with van der Waals surface area (Å²) in [5, 5.41) is 4.65. The Labute approximate surface area is 123 Å². The van der Waals surface area contributed by atoms with Crippen molar-refractivity contribution in [1.29, 1.82) is 0 Å². The van der Waals surface area contributed by atoms with Crippen LogP contribution >= 0.6 is 27.5 Å². The maximum Gasteiger partial charge on any atom is 0.0767 e. The average Bonchev–Trinajstić information content (AvgIpc) is 2.96. The summed E-state index contributed by atoms with van der Waals surface area (Å²) in [6, 6.07) is 0. The van der Waals surface area contributed by atoms with Crippen LogP contribution < -0.4 is 0 Å². The molecule has 1 aliphatic rings. The SMILES string of the molecule is CCc1nn(CC)c(CN2CCC(CCl)C2)c1Br. The van der Waals surface area contributed by atoms with E-state index >= 15 is 0 Å².